The van der Waals surface area contributed by atoms with Crippen LogP contribution in [0.1, 0.15) is 32.3 Å². The van der Waals surface area contributed by atoms with Gasteiger partial charge in [-0.3, -0.25) is 4.79 Å². The molecule has 0 atom stereocenters. The number of pyridine rings is 1. The molecule has 3 aromatic rings. The molecule has 9 heteroatoms. The molecule has 1 fully saturated rings. The van der Waals surface area contributed by atoms with Crippen molar-refractivity contribution in [3.8, 4) is 5.75 Å². The molecule has 0 unspecified atom stereocenters. The van der Waals surface area contributed by atoms with Crippen LogP contribution in [-0.4, -0.2) is 56.1 Å². The predicted molar refractivity (Wildman–Crippen MR) is 124 cm³/mol. The number of aromatic nitrogens is 2. The molecule has 0 radical (unpaired) electrons. The molecule has 9 nitrogen and oxygen atoms in total. The molecule has 1 aliphatic rings. The van der Waals surface area contributed by atoms with Crippen molar-refractivity contribution in [3.63, 3.8) is 0 Å². The normalized spacial score (nSPS) is 14.8. The third-order valence-electron chi connectivity index (χ3n) is 5.58. The summed E-state index contributed by atoms with van der Waals surface area (Å²) in [6.45, 7) is 4.52. The van der Waals surface area contributed by atoms with E-state index in [1.165, 1.54) is 13.8 Å². The Hall–Kier alpha value is -3.59. The van der Waals surface area contributed by atoms with Gasteiger partial charge in [0, 0.05) is 56.8 Å². The zero-order valence-electron chi connectivity index (χ0n) is 18.8. The largest absolute Gasteiger partial charge is 0.490 e. The summed E-state index contributed by atoms with van der Waals surface area (Å²) in [5.41, 5.74) is 1.10. The van der Waals surface area contributed by atoms with E-state index in [2.05, 4.69) is 15.6 Å². The molecule has 0 bridgehead atoms. The highest BCUT2D eigenvalue weighted by atomic mass is 16.5. The minimum Gasteiger partial charge on any atom is -0.490 e. The standard InChI is InChI=1S/C24H29N5O4/c1-24(2,32)22(30)29-12-8-20(9-13-29)33-19-5-3-18(4-6-19)27-23(31)26-16-17-7-11-28-14-10-25-21(28)15-17/h3-7,10-11,14-15,20,32H,8-9,12-13,16H2,1-2H3,(H2,26,27,31). The van der Waals surface area contributed by atoms with Gasteiger partial charge in [0.25, 0.3) is 5.91 Å². The zero-order valence-corrected chi connectivity index (χ0v) is 18.8. The monoisotopic (exact) mass is 451 g/mol. The lowest BCUT2D eigenvalue weighted by atomic mass is 10.0. The first-order chi connectivity index (χ1) is 15.8. The van der Waals surface area contributed by atoms with E-state index < -0.39 is 5.60 Å². The molecule has 2 aromatic heterocycles. The van der Waals surface area contributed by atoms with Gasteiger partial charge in [0.05, 0.1) is 0 Å². The summed E-state index contributed by atoms with van der Waals surface area (Å²) in [6.07, 6.45) is 6.92. The van der Waals surface area contributed by atoms with Crippen LogP contribution in [0.4, 0.5) is 10.5 Å². The van der Waals surface area contributed by atoms with Gasteiger partial charge in [0.2, 0.25) is 0 Å². The first-order valence-electron chi connectivity index (χ1n) is 11.0. The summed E-state index contributed by atoms with van der Waals surface area (Å²) in [5, 5.41) is 15.5. The van der Waals surface area contributed by atoms with Crippen LogP contribution in [0.2, 0.25) is 0 Å². The summed E-state index contributed by atoms with van der Waals surface area (Å²) >= 11 is 0. The molecule has 174 valence electrons. The van der Waals surface area contributed by atoms with E-state index in [1.807, 2.05) is 41.1 Å². The SMILES string of the molecule is CC(C)(O)C(=O)N1CCC(Oc2ccc(NC(=O)NCc3ccn4ccnc4c3)cc2)CC1. The second-order valence-electron chi connectivity index (χ2n) is 8.73. The average molecular weight is 452 g/mol. The van der Waals surface area contributed by atoms with E-state index in [-0.39, 0.29) is 18.0 Å². The molecule has 4 rings (SSSR count). The van der Waals surface area contributed by atoms with Crippen LogP contribution in [0, 0.1) is 0 Å². The van der Waals surface area contributed by atoms with Gasteiger partial charge in [0.15, 0.2) is 0 Å². The number of hydrogen-bond acceptors (Lipinski definition) is 5. The Morgan fingerprint density at radius 3 is 2.58 bits per heavy atom. The molecule has 3 N–H and O–H groups in total. The molecule has 1 aliphatic heterocycles. The lowest BCUT2D eigenvalue weighted by Gasteiger charge is -2.35. The minimum absolute atomic E-state index is 0.00498. The molecular weight excluding hydrogens is 422 g/mol. The number of piperidine rings is 1. The van der Waals surface area contributed by atoms with Crippen molar-refractivity contribution in [1.29, 1.82) is 0 Å². The molecule has 3 heterocycles. The Bertz CT molecular complexity index is 1110. The van der Waals surface area contributed by atoms with E-state index in [9.17, 15) is 14.7 Å². The van der Waals surface area contributed by atoms with Crippen LogP contribution >= 0.6 is 0 Å². The number of nitrogens with zero attached hydrogens (tertiary/aromatic N) is 3. The maximum atomic E-state index is 12.2. The summed E-state index contributed by atoms with van der Waals surface area (Å²) in [7, 11) is 0. The van der Waals surface area contributed by atoms with Crippen molar-refractivity contribution in [2.45, 2.75) is 44.9 Å². The number of fused-ring (bicyclic) bond motifs is 1. The highest BCUT2D eigenvalue weighted by molar-refractivity contribution is 5.89. The van der Waals surface area contributed by atoms with E-state index in [4.69, 9.17) is 4.74 Å². The van der Waals surface area contributed by atoms with Gasteiger partial charge in [-0.05, 0) is 55.8 Å². The molecular formula is C24H29N5O4. The van der Waals surface area contributed by atoms with Gasteiger partial charge in [-0.1, -0.05) is 0 Å². The van der Waals surface area contributed by atoms with Crippen molar-refractivity contribution in [2.75, 3.05) is 18.4 Å². The molecule has 0 saturated carbocycles. The third kappa shape index (κ3) is 5.81. The van der Waals surface area contributed by atoms with Crippen molar-refractivity contribution in [3.05, 3.63) is 60.6 Å². The van der Waals surface area contributed by atoms with Crippen LogP contribution < -0.4 is 15.4 Å². The number of imidazole rings is 1. The number of aliphatic hydroxyl groups is 1. The molecule has 0 spiro atoms. The Kier molecular flexibility index (Phi) is 6.50. The van der Waals surface area contributed by atoms with Crippen molar-refractivity contribution in [1.82, 2.24) is 19.6 Å². The van der Waals surface area contributed by atoms with Crippen molar-refractivity contribution < 1.29 is 19.4 Å². The topological polar surface area (TPSA) is 108 Å². The fourth-order valence-electron chi connectivity index (χ4n) is 3.79. The van der Waals surface area contributed by atoms with Crippen LogP contribution in [-0.2, 0) is 11.3 Å². The lowest BCUT2D eigenvalue weighted by Crippen LogP contribution is -2.49. The van der Waals surface area contributed by atoms with Gasteiger partial charge < -0.3 is 29.8 Å². The first-order valence-corrected chi connectivity index (χ1v) is 11.0. The average Bonchev–Trinajstić information content (AvgIpc) is 3.26. The maximum absolute atomic E-state index is 12.2. The molecule has 1 saturated heterocycles. The number of carbonyl (C=O) groups is 2. The minimum atomic E-state index is -1.35. The summed E-state index contributed by atoms with van der Waals surface area (Å²) in [4.78, 5) is 30.3. The maximum Gasteiger partial charge on any atom is 0.319 e. The first kappa shape index (κ1) is 22.6. The fourth-order valence-corrected chi connectivity index (χ4v) is 3.79. The second kappa shape index (κ2) is 9.50. The quantitative estimate of drug-likeness (QED) is 0.534. The van der Waals surface area contributed by atoms with E-state index in [1.54, 1.807) is 23.2 Å². The zero-order chi connectivity index (χ0) is 23.4. The number of anilines is 1. The number of carbonyl (C=O) groups excluding carboxylic acids is 2. The van der Waals surface area contributed by atoms with Crippen molar-refractivity contribution in [2.24, 2.45) is 0 Å². The number of urea groups is 1. The fraction of sp³-hybridized carbons (Fsp3) is 0.375. The van der Waals surface area contributed by atoms with E-state index in [0.717, 1.165) is 11.2 Å². The number of likely N-dealkylation sites (tertiary alicyclic amines) is 1. The summed E-state index contributed by atoms with van der Waals surface area (Å²) in [6, 6.07) is 10.8. The van der Waals surface area contributed by atoms with Crippen LogP contribution in [0.3, 0.4) is 0 Å². The molecule has 0 aliphatic carbocycles. The predicted octanol–water partition coefficient (Wildman–Crippen LogP) is 2.80. The van der Waals surface area contributed by atoms with Crippen LogP contribution in [0.5, 0.6) is 5.75 Å². The van der Waals surface area contributed by atoms with Crippen LogP contribution in [0.15, 0.2) is 55.0 Å². The van der Waals surface area contributed by atoms with Gasteiger partial charge >= 0.3 is 6.03 Å². The number of ether oxygens (including phenoxy) is 1. The van der Waals surface area contributed by atoms with Crippen molar-refractivity contribution >= 4 is 23.3 Å². The number of rotatable bonds is 6. The molecule has 3 amide bonds. The van der Waals surface area contributed by atoms with Gasteiger partial charge in [0.1, 0.15) is 23.1 Å². The Morgan fingerprint density at radius 1 is 1.15 bits per heavy atom. The Morgan fingerprint density at radius 2 is 1.88 bits per heavy atom. The summed E-state index contributed by atoms with van der Waals surface area (Å²) < 4.78 is 7.93. The smallest absolute Gasteiger partial charge is 0.319 e. The Balaban J connectivity index is 1.22. The number of nitrogens with one attached hydrogen (secondary N) is 2. The number of amides is 3. The molecule has 33 heavy (non-hydrogen) atoms. The van der Waals surface area contributed by atoms with Gasteiger partial charge in [-0.25, -0.2) is 9.78 Å². The highest BCUT2D eigenvalue weighted by Crippen LogP contribution is 2.22. The van der Waals surface area contributed by atoms with Gasteiger partial charge in [-0.2, -0.15) is 0 Å². The molecule has 1 aromatic carbocycles. The van der Waals surface area contributed by atoms with Gasteiger partial charge in [-0.15, -0.1) is 0 Å². The third-order valence-corrected chi connectivity index (χ3v) is 5.58. The highest BCUT2D eigenvalue weighted by Gasteiger charge is 2.32. The number of hydrogen-bond donors (Lipinski definition) is 3. The lowest BCUT2D eigenvalue weighted by molar-refractivity contribution is -0.149. The summed E-state index contributed by atoms with van der Waals surface area (Å²) in [5.74, 6) is 0.456. The second-order valence-corrected chi connectivity index (χ2v) is 8.73. The number of benzene rings is 1. The Labute approximate surface area is 192 Å². The van der Waals surface area contributed by atoms with E-state index >= 15 is 0 Å². The van der Waals surface area contributed by atoms with E-state index in [0.29, 0.717) is 43.9 Å². The van der Waals surface area contributed by atoms with Crippen LogP contribution in [0.25, 0.3) is 5.65 Å².